The van der Waals surface area contributed by atoms with Crippen molar-refractivity contribution in [2.24, 2.45) is 0 Å². The zero-order valence-corrected chi connectivity index (χ0v) is 15.6. The predicted molar refractivity (Wildman–Crippen MR) is 95.3 cm³/mol. The van der Waals surface area contributed by atoms with Crippen LogP contribution in [0.4, 0.5) is 4.79 Å². The maximum absolute atomic E-state index is 12.8. The molecule has 0 saturated carbocycles. The molecule has 2 rings (SSSR count). The van der Waals surface area contributed by atoms with Gasteiger partial charge in [-0.05, 0) is 44.4 Å². The van der Waals surface area contributed by atoms with E-state index in [-0.39, 0.29) is 12.5 Å². The molecular weight excluding hydrogens is 326 g/mol. The van der Waals surface area contributed by atoms with Gasteiger partial charge >= 0.3 is 6.16 Å². The van der Waals surface area contributed by atoms with Crippen LogP contribution in [0.1, 0.15) is 29.2 Å². The van der Waals surface area contributed by atoms with Crippen LogP contribution in [0, 0.1) is 20.8 Å². The lowest BCUT2D eigenvalue weighted by atomic mass is 9.97. The third kappa shape index (κ3) is 4.66. The first-order valence-corrected chi connectivity index (χ1v) is 9.35. The van der Waals surface area contributed by atoms with Gasteiger partial charge in [-0.15, -0.1) is 0 Å². The zero-order valence-electron chi connectivity index (χ0n) is 14.8. The van der Waals surface area contributed by atoms with E-state index in [9.17, 15) is 9.59 Å². The molecule has 0 aromatic heterocycles. The van der Waals surface area contributed by atoms with E-state index in [1.165, 1.54) is 5.56 Å². The van der Waals surface area contributed by atoms with Gasteiger partial charge in [0.25, 0.3) is 0 Å². The number of ether oxygens (including phenoxy) is 2. The minimum absolute atomic E-state index is 0.0142. The van der Waals surface area contributed by atoms with Crippen molar-refractivity contribution in [3.63, 3.8) is 0 Å². The molecule has 24 heavy (non-hydrogen) atoms. The first kappa shape index (κ1) is 18.6. The van der Waals surface area contributed by atoms with Crippen LogP contribution < -0.4 is 0 Å². The fraction of sp³-hybridized carbons (Fsp3) is 0.556. The summed E-state index contributed by atoms with van der Waals surface area (Å²) in [6.07, 6.45) is -0.947. The number of thioether (sulfide) groups is 1. The fourth-order valence-corrected chi connectivity index (χ4v) is 3.91. The summed E-state index contributed by atoms with van der Waals surface area (Å²) in [7, 11) is 0. The Morgan fingerprint density at radius 2 is 1.92 bits per heavy atom. The predicted octanol–water partition coefficient (Wildman–Crippen LogP) is 3.23. The molecule has 6 heteroatoms. The van der Waals surface area contributed by atoms with E-state index in [4.69, 9.17) is 9.47 Å². The number of amides is 1. The van der Waals surface area contributed by atoms with E-state index >= 15 is 0 Å². The highest BCUT2D eigenvalue weighted by Gasteiger charge is 2.30. The van der Waals surface area contributed by atoms with Gasteiger partial charge in [-0.1, -0.05) is 17.7 Å². The number of hydrogen-bond donors (Lipinski definition) is 0. The molecule has 132 valence electrons. The summed E-state index contributed by atoms with van der Waals surface area (Å²) < 4.78 is 10.1. The lowest BCUT2D eigenvalue weighted by Gasteiger charge is -2.34. The minimum Gasteiger partial charge on any atom is -0.435 e. The highest BCUT2D eigenvalue weighted by Crippen LogP contribution is 2.22. The molecule has 1 heterocycles. The van der Waals surface area contributed by atoms with Crippen LogP contribution in [0.5, 0.6) is 0 Å². The molecule has 1 aliphatic heterocycles. The molecule has 1 fully saturated rings. The van der Waals surface area contributed by atoms with Crippen LogP contribution >= 0.6 is 11.8 Å². The van der Waals surface area contributed by atoms with E-state index in [0.29, 0.717) is 18.7 Å². The molecule has 1 atom stereocenters. The van der Waals surface area contributed by atoms with E-state index in [1.807, 2.05) is 13.8 Å². The molecule has 0 radical (unpaired) electrons. The summed E-state index contributed by atoms with van der Waals surface area (Å²) in [5.41, 5.74) is 4.49. The van der Waals surface area contributed by atoms with Gasteiger partial charge in [-0.2, -0.15) is 11.8 Å². The molecule has 1 aliphatic rings. The summed E-state index contributed by atoms with van der Waals surface area (Å²) in [5.74, 6) is 1.41. The molecule has 0 aliphatic carbocycles. The van der Waals surface area contributed by atoms with Crippen molar-refractivity contribution in [3.05, 3.63) is 34.4 Å². The molecular formula is C18H25NO4S. The Morgan fingerprint density at radius 1 is 1.25 bits per heavy atom. The maximum atomic E-state index is 12.8. The number of hydrogen-bond acceptors (Lipinski definition) is 5. The second-order valence-corrected chi connectivity index (χ2v) is 7.12. The Bertz CT molecular complexity index is 594. The van der Waals surface area contributed by atoms with E-state index in [1.54, 1.807) is 23.6 Å². The van der Waals surface area contributed by atoms with Crippen LogP contribution in [0.25, 0.3) is 0 Å². The second-order valence-electron chi connectivity index (χ2n) is 5.97. The molecule has 1 amide bonds. The van der Waals surface area contributed by atoms with Crippen LogP contribution in [-0.4, -0.2) is 47.8 Å². The van der Waals surface area contributed by atoms with E-state index in [2.05, 4.69) is 19.1 Å². The highest BCUT2D eigenvalue weighted by molar-refractivity contribution is 7.99. The third-order valence-electron chi connectivity index (χ3n) is 4.07. The van der Waals surface area contributed by atoms with Crippen molar-refractivity contribution >= 4 is 23.8 Å². The summed E-state index contributed by atoms with van der Waals surface area (Å²) in [6, 6.07) is 4.18. The molecule has 1 aromatic carbocycles. The average Bonchev–Trinajstić information content (AvgIpc) is 2.51. The van der Waals surface area contributed by atoms with Gasteiger partial charge in [0.05, 0.1) is 18.8 Å². The molecule has 1 saturated heterocycles. The van der Waals surface area contributed by atoms with Crippen molar-refractivity contribution in [2.75, 3.05) is 24.7 Å². The highest BCUT2D eigenvalue weighted by atomic mass is 32.2. The lowest BCUT2D eigenvalue weighted by molar-refractivity contribution is -0.140. The van der Waals surface area contributed by atoms with E-state index in [0.717, 1.165) is 22.4 Å². The van der Waals surface area contributed by atoms with Crippen molar-refractivity contribution in [2.45, 2.75) is 40.3 Å². The zero-order chi connectivity index (χ0) is 17.7. The number of aryl methyl sites for hydroxylation is 3. The minimum atomic E-state index is -0.717. The topological polar surface area (TPSA) is 55.8 Å². The quantitative estimate of drug-likeness (QED) is 0.780. The van der Waals surface area contributed by atoms with Crippen LogP contribution in [-0.2, 0) is 20.7 Å². The van der Waals surface area contributed by atoms with Crippen molar-refractivity contribution < 1.29 is 19.1 Å². The van der Waals surface area contributed by atoms with Gasteiger partial charge in [-0.25, -0.2) is 4.79 Å². The van der Waals surface area contributed by atoms with Gasteiger partial charge < -0.3 is 14.4 Å². The third-order valence-corrected chi connectivity index (χ3v) is 5.06. The number of carbonyl (C=O) groups is 2. The number of carbonyl (C=O) groups excluding carboxylic acids is 2. The Kier molecular flexibility index (Phi) is 6.54. The summed E-state index contributed by atoms with van der Waals surface area (Å²) in [6.45, 7) is 8.67. The monoisotopic (exact) mass is 351 g/mol. The average molecular weight is 351 g/mol. The molecule has 5 nitrogen and oxygen atoms in total. The SMILES string of the molecule is CCOC(=O)OC1CSCCN1C(=O)Cc1c(C)cc(C)cc1C. The first-order valence-electron chi connectivity index (χ1n) is 8.19. The largest absolute Gasteiger partial charge is 0.510 e. The summed E-state index contributed by atoms with van der Waals surface area (Å²) >= 11 is 1.67. The summed E-state index contributed by atoms with van der Waals surface area (Å²) in [4.78, 5) is 26.0. The Balaban J connectivity index is 2.10. The molecule has 0 bridgehead atoms. The standard InChI is InChI=1S/C18H25NO4S/c1-5-22-18(21)23-17-11-24-7-6-19(17)16(20)10-15-13(3)8-12(2)9-14(15)4/h8-9,17H,5-7,10-11H2,1-4H3. The molecule has 1 aromatic rings. The maximum Gasteiger partial charge on any atom is 0.510 e. The van der Waals surface area contributed by atoms with Crippen molar-refractivity contribution in [1.29, 1.82) is 0 Å². The second kappa shape index (κ2) is 8.42. The molecule has 1 unspecified atom stereocenters. The van der Waals surface area contributed by atoms with Gasteiger partial charge in [-0.3, -0.25) is 4.79 Å². The number of benzene rings is 1. The van der Waals surface area contributed by atoms with Crippen LogP contribution in [0.2, 0.25) is 0 Å². The normalized spacial score (nSPS) is 17.5. The first-order chi connectivity index (χ1) is 11.4. The lowest BCUT2D eigenvalue weighted by Crippen LogP contribution is -2.49. The van der Waals surface area contributed by atoms with Gasteiger partial charge in [0.2, 0.25) is 5.91 Å². The van der Waals surface area contributed by atoms with E-state index < -0.39 is 12.4 Å². The van der Waals surface area contributed by atoms with Gasteiger partial charge in [0.15, 0.2) is 6.23 Å². The smallest absolute Gasteiger partial charge is 0.435 e. The summed E-state index contributed by atoms with van der Waals surface area (Å²) in [5, 5.41) is 0. The Labute approximate surface area is 147 Å². The van der Waals surface area contributed by atoms with Gasteiger partial charge in [0, 0.05) is 12.3 Å². The number of rotatable bonds is 4. The Morgan fingerprint density at radius 3 is 2.54 bits per heavy atom. The van der Waals surface area contributed by atoms with Crippen molar-refractivity contribution in [3.8, 4) is 0 Å². The van der Waals surface area contributed by atoms with Gasteiger partial charge in [0.1, 0.15) is 0 Å². The Hall–Kier alpha value is -1.69. The molecule has 0 spiro atoms. The fourth-order valence-electron chi connectivity index (χ4n) is 2.97. The van der Waals surface area contributed by atoms with Crippen LogP contribution in [0.3, 0.4) is 0 Å². The van der Waals surface area contributed by atoms with Crippen LogP contribution in [0.15, 0.2) is 12.1 Å². The van der Waals surface area contributed by atoms with Crippen molar-refractivity contribution in [1.82, 2.24) is 4.90 Å². The molecule has 0 N–H and O–H groups in total. The number of nitrogens with zero attached hydrogens (tertiary/aromatic N) is 1.